The van der Waals surface area contributed by atoms with Gasteiger partial charge in [0.15, 0.2) is 0 Å². The van der Waals surface area contributed by atoms with Crippen LogP contribution in [0.25, 0.3) is 0 Å². The van der Waals surface area contributed by atoms with Gasteiger partial charge in [-0.2, -0.15) is 0 Å². The summed E-state index contributed by atoms with van der Waals surface area (Å²) in [6.45, 7) is 5.97. The second-order valence-electron chi connectivity index (χ2n) is 4.25. The van der Waals surface area contributed by atoms with Crippen LogP contribution in [-0.4, -0.2) is 48.0 Å². The maximum atomic E-state index is 9.68. The van der Waals surface area contributed by atoms with Crippen molar-refractivity contribution in [2.45, 2.75) is 31.5 Å². The predicted octanol–water partition coefficient (Wildman–Crippen LogP) is 0.232. The van der Waals surface area contributed by atoms with Crippen LogP contribution in [-0.2, 0) is 4.74 Å². The van der Waals surface area contributed by atoms with Crippen molar-refractivity contribution in [1.29, 1.82) is 0 Å². The second kappa shape index (κ2) is 2.98. The van der Waals surface area contributed by atoms with Gasteiger partial charge in [-0.1, -0.05) is 0 Å². The summed E-state index contributed by atoms with van der Waals surface area (Å²) < 4.78 is 5.16. The highest BCUT2D eigenvalue weighted by Gasteiger charge is 2.31. The van der Waals surface area contributed by atoms with Crippen molar-refractivity contribution in [3.8, 4) is 0 Å². The number of hydrogen-bond acceptors (Lipinski definition) is 3. The third-order valence-electron chi connectivity index (χ3n) is 2.80. The minimum absolute atomic E-state index is 0.416. The number of rotatable bonds is 2. The molecule has 2 rings (SSSR count). The molecule has 1 atom stereocenters. The van der Waals surface area contributed by atoms with Gasteiger partial charge in [0.1, 0.15) is 0 Å². The van der Waals surface area contributed by atoms with Crippen LogP contribution in [0.2, 0.25) is 0 Å². The Labute approximate surface area is 73.3 Å². The molecular weight excluding hydrogens is 154 g/mol. The van der Waals surface area contributed by atoms with Crippen LogP contribution in [0, 0.1) is 0 Å². The highest BCUT2D eigenvalue weighted by atomic mass is 16.6. The molecule has 1 N–H and O–H groups in total. The highest BCUT2D eigenvalue weighted by Crippen LogP contribution is 2.22. The topological polar surface area (TPSA) is 36.0 Å². The number of hydrogen-bond donors (Lipinski definition) is 1. The summed E-state index contributed by atoms with van der Waals surface area (Å²) in [6.07, 6.45) is 2.30. The van der Waals surface area contributed by atoms with Crippen molar-refractivity contribution in [2.75, 3.05) is 26.2 Å². The van der Waals surface area contributed by atoms with Gasteiger partial charge in [0, 0.05) is 19.6 Å². The first-order valence-electron chi connectivity index (χ1n) is 4.72. The molecule has 0 aromatic carbocycles. The molecular formula is C9H17NO2. The van der Waals surface area contributed by atoms with Gasteiger partial charge in [-0.15, -0.1) is 0 Å². The first-order valence-corrected chi connectivity index (χ1v) is 4.72. The van der Waals surface area contributed by atoms with Crippen molar-refractivity contribution in [2.24, 2.45) is 0 Å². The van der Waals surface area contributed by atoms with E-state index in [-0.39, 0.29) is 0 Å². The summed E-state index contributed by atoms with van der Waals surface area (Å²) >= 11 is 0. The molecule has 70 valence electrons. The fraction of sp³-hybridized carbons (Fsp3) is 1.00. The predicted molar refractivity (Wildman–Crippen MR) is 46.0 cm³/mol. The van der Waals surface area contributed by atoms with E-state index in [1.165, 1.54) is 0 Å². The molecule has 0 radical (unpaired) electrons. The number of nitrogens with zero attached hydrogens (tertiary/aromatic N) is 1. The van der Waals surface area contributed by atoms with Crippen molar-refractivity contribution < 1.29 is 9.84 Å². The van der Waals surface area contributed by atoms with Crippen LogP contribution in [0.1, 0.15) is 19.8 Å². The molecule has 0 saturated carbocycles. The van der Waals surface area contributed by atoms with Gasteiger partial charge >= 0.3 is 0 Å². The fourth-order valence-electron chi connectivity index (χ4n) is 1.68. The number of piperidine rings is 1. The average Bonchev–Trinajstić information content (AvgIpc) is 2.77. The normalized spacial score (nSPS) is 35.0. The Balaban J connectivity index is 1.73. The third kappa shape index (κ3) is 2.19. The monoisotopic (exact) mass is 171 g/mol. The second-order valence-corrected chi connectivity index (χ2v) is 4.25. The minimum atomic E-state index is -0.416. The zero-order chi connectivity index (χ0) is 8.60. The lowest BCUT2D eigenvalue weighted by atomic mass is 9.94. The van der Waals surface area contributed by atoms with Crippen LogP contribution >= 0.6 is 0 Å². The zero-order valence-corrected chi connectivity index (χ0v) is 7.62. The Morgan fingerprint density at radius 1 is 1.50 bits per heavy atom. The number of epoxide rings is 1. The molecule has 2 aliphatic heterocycles. The van der Waals surface area contributed by atoms with Gasteiger partial charge in [-0.3, -0.25) is 0 Å². The summed E-state index contributed by atoms with van der Waals surface area (Å²) in [4.78, 5) is 2.38. The fourth-order valence-corrected chi connectivity index (χ4v) is 1.68. The summed E-state index contributed by atoms with van der Waals surface area (Å²) in [7, 11) is 0. The van der Waals surface area contributed by atoms with E-state index in [2.05, 4.69) is 4.90 Å². The van der Waals surface area contributed by atoms with Crippen LogP contribution in [0.5, 0.6) is 0 Å². The van der Waals surface area contributed by atoms with Gasteiger partial charge in [-0.05, 0) is 19.8 Å². The maximum absolute atomic E-state index is 9.68. The Morgan fingerprint density at radius 2 is 2.08 bits per heavy atom. The largest absolute Gasteiger partial charge is 0.390 e. The van der Waals surface area contributed by atoms with Crippen LogP contribution < -0.4 is 0 Å². The van der Waals surface area contributed by atoms with Crippen LogP contribution in [0.3, 0.4) is 0 Å². The Kier molecular flexibility index (Phi) is 2.10. The maximum Gasteiger partial charge on any atom is 0.0936 e. The molecule has 3 heteroatoms. The highest BCUT2D eigenvalue weighted by molar-refractivity contribution is 4.84. The minimum Gasteiger partial charge on any atom is -0.390 e. The molecule has 3 nitrogen and oxygen atoms in total. The molecule has 0 spiro atoms. The summed E-state index contributed by atoms with van der Waals surface area (Å²) in [6, 6.07) is 0. The molecule has 0 amide bonds. The molecule has 0 aromatic rings. The molecule has 2 saturated heterocycles. The standard InChI is InChI=1S/C9H17NO2/c1-9(11)2-4-10(5-3-9)6-8-7-12-8/h8,11H,2-7H2,1H3. The quantitative estimate of drug-likeness (QED) is 0.604. The number of ether oxygens (including phenoxy) is 1. The van der Waals surface area contributed by atoms with Gasteiger partial charge < -0.3 is 14.7 Å². The first kappa shape index (κ1) is 8.48. The van der Waals surface area contributed by atoms with E-state index in [0.29, 0.717) is 6.10 Å². The summed E-state index contributed by atoms with van der Waals surface area (Å²) in [5, 5.41) is 9.68. The zero-order valence-electron chi connectivity index (χ0n) is 7.62. The molecule has 12 heavy (non-hydrogen) atoms. The van der Waals surface area contributed by atoms with Crippen LogP contribution in [0.4, 0.5) is 0 Å². The smallest absolute Gasteiger partial charge is 0.0936 e. The Hall–Kier alpha value is -0.120. The Morgan fingerprint density at radius 3 is 2.58 bits per heavy atom. The Bertz CT molecular complexity index is 156. The molecule has 0 aromatic heterocycles. The van der Waals surface area contributed by atoms with Crippen molar-refractivity contribution in [3.05, 3.63) is 0 Å². The van der Waals surface area contributed by atoms with E-state index >= 15 is 0 Å². The van der Waals surface area contributed by atoms with E-state index in [4.69, 9.17) is 4.74 Å². The number of likely N-dealkylation sites (tertiary alicyclic amines) is 1. The lowest BCUT2D eigenvalue weighted by Crippen LogP contribution is -2.43. The molecule has 0 aliphatic carbocycles. The van der Waals surface area contributed by atoms with E-state index in [1.807, 2.05) is 6.92 Å². The van der Waals surface area contributed by atoms with E-state index < -0.39 is 5.60 Å². The van der Waals surface area contributed by atoms with Gasteiger partial charge in [0.2, 0.25) is 0 Å². The average molecular weight is 171 g/mol. The molecule has 0 bridgehead atoms. The molecule has 2 fully saturated rings. The van der Waals surface area contributed by atoms with Gasteiger partial charge in [0.05, 0.1) is 18.3 Å². The van der Waals surface area contributed by atoms with Crippen LogP contribution in [0.15, 0.2) is 0 Å². The number of aliphatic hydroxyl groups is 1. The lowest BCUT2D eigenvalue weighted by molar-refractivity contribution is -0.00656. The lowest BCUT2D eigenvalue weighted by Gasteiger charge is -2.35. The SMILES string of the molecule is CC1(O)CCN(CC2CO2)CC1. The van der Waals surface area contributed by atoms with E-state index in [0.717, 1.165) is 39.1 Å². The molecule has 1 unspecified atom stereocenters. The van der Waals surface area contributed by atoms with Gasteiger partial charge in [0.25, 0.3) is 0 Å². The van der Waals surface area contributed by atoms with Gasteiger partial charge in [-0.25, -0.2) is 0 Å². The van der Waals surface area contributed by atoms with E-state index in [9.17, 15) is 5.11 Å². The van der Waals surface area contributed by atoms with Crippen molar-refractivity contribution in [3.63, 3.8) is 0 Å². The first-order chi connectivity index (χ1) is 5.66. The third-order valence-corrected chi connectivity index (χ3v) is 2.80. The van der Waals surface area contributed by atoms with Crippen molar-refractivity contribution >= 4 is 0 Å². The molecule has 2 aliphatic rings. The van der Waals surface area contributed by atoms with Crippen molar-refractivity contribution in [1.82, 2.24) is 4.90 Å². The molecule has 2 heterocycles. The summed E-state index contributed by atoms with van der Waals surface area (Å²) in [5.74, 6) is 0. The summed E-state index contributed by atoms with van der Waals surface area (Å²) in [5.41, 5.74) is -0.416. The van der Waals surface area contributed by atoms with E-state index in [1.54, 1.807) is 0 Å².